The molecule has 2 heterocycles. The van der Waals surface area contributed by atoms with Crippen LogP contribution >= 0.6 is 11.3 Å². The smallest absolute Gasteiger partial charge is 0.242 e. The Balaban J connectivity index is 2.31. The molecule has 1 atom stereocenters. The minimum Gasteiger partial charge on any atom is -0.391 e. The van der Waals surface area contributed by atoms with Crippen molar-refractivity contribution in [3.63, 3.8) is 0 Å². The van der Waals surface area contributed by atoms with E-state index in [0.29, 0.717) is 21.2 Å². The van der Waals surface area contributed by atoms with Gasteiger partial charge in [0.2, 0.25) is 10.0 Å². The minimum atomic E-state index is -3.66. The van der Waals surface area contributed by atoms with Gasteiger partial charge in [0.25, 0.3) is 0 Å². The molecule has 21 heavy (non-hydrogen) atoms. The van der Waals surface area contributed by atoms with Gasteiger partial charge in [0.1, 0.15) is 5.76 Å². The summed E-state index contributed by atoms with van der Waals surface area (Å²) in [5.41, 5.74) is 1.41. The molecule has 1 unspecified atom stereocenters. The highest BCUT2D eigenvalue weighted by atomic mass is 32.2. The predicted molar refractivity (Wildman–Crippen MR) is 79.7 cm³/mol. The predicted octanol–water partition coefficient (Wildman–Crippen LogP) is 2.19. The van der Waals surface area contributed by atoms with Crippen molar-refractivity contribution < 1.29 is 18.0 Å². The first kappa shape index (κ1) is 16.2. The molecule has 116 valence electrons. The van der Waals surface area contributed by atoms with Gasteiger partial charge in [-0.05, 0) is 33.8 Å². The average molecular weight is 330 g/mol. The van der Waals surface area contributed by atoms with Crippen LogP contribution in [0, 0.1) is 20.8 Å². The standard InChI is InChI=1S/C13H18N2O4S2/c1-7-13(9(3)19-14-7)8(2)15-21(17,18)12-5-11(6-16)20-10(12)4/h5,8,15-16H,6H2,1-4H3. The van der Waals surface area contributed by atoms with Crippen LogP contribution in [0.2, 0.25) is 0 Å². The fourth-order valence-electron chi connectivity index (χ4n) is 2.33. The molecule has 0 saturated heterocycles. The number of aromatic nitrogens is 1. The third-order valence-corrected chi connectivity index (χ3v) is 6.05. The maximum Gasteiger partial charge on any atom is 0.242 e. The van der Waals surface area contributed by atoms with Gasteiger partial charge in [0, 0.05) is 21.4 Å². The summed E-state index contributed by atoms with van der Waals surface area (Å²) in [6.07, 6.45) is 0. The molecule has 0 aromatic carbocycles. The highest BCUT2D eigenvalue weighted by Crippen LogP contribution is 2.28. The van der Waals surface area contributed by atoms with Gasteiger partial charge in [-0.15, -0.1) is 11.3 Å². The molecule has 2 rings (SSSR count). The van der Waals surface area contributed by atoms with Crippen molar-refractivity contribution in [2.45, 2.75) is 45.2 Å². The van der Waals surface area contributed by atoms with Crippen LogP contribution in [-0.2, 0) is 16.6 Å². The summed E-state index contributed by atoms with van der Waals surface area (Å²) in [5.74, 6) is 0.598. The summed E-state index contributed by atoms with van der Waals surface area (Å²) in [5, 5.41) is 13.0. The van der Waals surface area contributed by atoms with E-state index in [9.17, 15) is 8.42 Å². The molecule has 0 bridgehead atoms. The molecule has 2 aromatic rings. The largest absolute Gasteiger partial charge is 0.391 e. The first-order valence-electron chi connectivity index (χ1n) is 6.41. The molecule has 0 aliphatic rings. The van der Waals surface area contributed by atoms with E-state index in [1.165, 1.54) is 17.4 Å². The quantitative estimate of drug-likeness (QED) is 0.876. The number of nitrogens with one attached hydrogen (secondary N) is 1. The molecular formula is C13H18N2O4S2. The number of nitrogens with zero attached hydrogens (tertiary/aromatic N) is 1. The van der Waals surface area contributed by atoms with Crippen molar-refractivity contribution in [1.82, 2.24) is 9.88 Å². The lowest BCUT2D eigenvalue weighted by Crippen LogP contribution is -2.27. The van der Waals surface area contributed by atoms with E-state index >= 15 is 0 Å². The van der Waals surface area contributed by atoms with E-state index in [2.05, 4.69) is 9.88 Å². The number of aryl methyl sites for hydroxylation is 3. The van der Waals surface area contributed by atoms with E-state index in [4.69, 9.17) is 9.63 Å². The average Bonchev–Trinajstić information content (AvgIpc) is 2.92. The molecule has 0 spiro atoms. The van der Waals surface area contributed by atoms with Crippen LogP contribution in [0.1, 0.15) is 39.7 Å². The number of aliphatic hydroxyl groups excluding tert-OH is 1. The van der Waals surface area contributed by atoms with Gasteiger partial charge in [-0.3, -0.25) is 0 Å². The van der Waals surface area contributed by atoms with Gasteiger partial charge in [-0.1, -0.05) is 5.16 Å². The summed E-state index contributed by atoms with van der Waals surface area (Å²) in [7, 11) is -3.66. The number of hydrogen-bond donors (Lipinski definition) is 2. The lowest BCUT2D eigenvalue weighted by molar-refractivity contribution is 0.285. The van der Waals surface area contributed by atoms with Crippen LogP contribution in [0.5, 0.6) is 0 Å². The topological polar surface area (TPSA) is 92.4 Å². The van der Waals surface area contributed by atoms with Crippen molar-refractivity contribution in [1.29, 1.82) is 0 Å². The number of aliphatic hydroxyl groups is 1. The number of thiophene rings is 1. The van der Waals surface area contributed by atoms with Crippen molar-refractivity contribution in [3.05, 3.63) is 32.8 Å². The second-order valence-electron chi connectivity index (χ2n) is 4.87. The van der Waals surface area contributed by atoms with E-state index in [1.54, 1.807) is 27.7 Å². The minimum absolute atomic E-state index is 0.166. The number of sulfonamides is 1. The summed E-state index contributed by atoms with van der Waals surface area (Å²) in [6.45, 7) is 6.83. The summed E-state index contributed by atoms with van der Waals surface area (Å²) in [4.78, 5) is 1.48. The Bertz CT molecular complexity index is 727. The Hall–Kier alpha value is -1.22. The summed E-state index contributed by atoms with van der Waals surface area (Å²) < 4.78 is 32.6. The molecule has 0 aliphatic carbocycles. The van der Waals surface area contributed by atoms with Gasteiger partial charge in [0.15, 0.2) is 0 Å². The Kier molecular flexibility index (Phi) is 4.52. The molecule has 6 nitrogen and oxygen atoms in total. The first-order chi connectivity index (χ1) is 9.76. The van der Waals surface area contributed by atoms with Gasteiger partial charge >= 0.3 is 0 Å². The van der Waals surface area contributed by atoms with Crippen molar-refractivity contribution in [2.24, 2.45) is 0 Å². The maximum absolute atomic E-state index is 12.5. The van der Waals surface area contributed by atoms with Crippen LogP contribution in [0.15, 0.2) is 15.5 Å². The Labute approximate surface area is 127 Å². The van der Waals surface area contributed by atoms with Gasteiger partial charge in [-0.25, -0.2) is 13.1 Å². The van der Waals surface area contributed by atoms with E-state index in [0.717, 1.165) is 5.56 Å². The Morgan fingerprint density at radius 2 is 2.10 bits per heavy atom. The molecule has 2 aromatic heterocycles. The van der Waals surface area contributed by atoms with Gasteiger partial charge in [0.05, 0.1) is 17.2 Å². The van der Waals surface area contributed by atoms with Crippen LogP contribution in [0.4, 0.5) is 0 Å². The van der Waals surface area contributed by atoms with E-state index in [-0.39, 0.29) is 11.5 Å². The molecule has 0 aliphatic heterocycles. The van der Waals surface area contributed by atoms with Crippen molar-refractivity contribution >= 4 is 21.4 Å². The SMILES string of the molecule is Cc1noc(C)c1C(C)NS(=O)(=O)c1cc(CO)sc1C. The zero-order chi connectivity index (χ0) is 15.8. The van der Waals surface area contributed by atoms with E-state index in [1.807, 2.05) is 0 Å². The maximum atomic E-state index is 12.5. The Morgan fingerprint density at radius 3 is 2.57 bits per heavy atom. The van der Waals surface area contributed by atoms with Gasteiger partial charge < -0.3 is 9.63 Å². The van der Waals surface area contributed by atoms with Crippen LogP contribution < -0.4 is 4.72 Å². The highest BCUT2D eigenvalue weighted by molar-refractivity contribution is 7.89. The molecule has 0 fully saturated rings. The lowest BCUT2D eigenvalue weighted by atomic mass is 10.1. The summed E-state index contributed by atoms with van der Waals surface area (Å²) >= 11 is 1.27. The normalized spacial score (nSPS) is 13.6. The number of hydrogen-bond acceptors (Lipinski definition) is 6. The highest BCUT2D eigenvalue weighted by Gasteiger charge is 2.25. The third kappa shape index (κ3) is 3.18. The molecular weight excluding hydrogens is 312 g/mol. The van der Waals surface area contributed by atoms with Crippen LogP contribution in [0.25, 0.3) is 0 Å². The van der Waals surface area contributed by atoms with Crippen molar-refractivity contribution in [2.75, 3.05) is 0 Å². The zero-order valence-electron chi connectivity index (χ0n) is 12.3. The second kappa shape index (κ2) is 5.88. The molecule has 0 saturated carbocycles. The molecule has 0 amide bonds. The van der Waals surface area contributed by atoms with Gasteiger partial charge in [-0.2, -0.15) is 0 Å². The molecule has 8 heteroatoms. The fraction of sp³-hybridized carbons (Fsp3) is 0.462. The lowest BCUT2D eigenvalue weighted by Gasteiger charge is -2.14. The second-order valence-corrected chi connectivity index (χ2v) is 7.90. The Morgan fingerprint density at radius 1 is 1.43 bits per heavy atom. The van der Waals surface area contributed by atoms with E-state index < -0.39 is 16.1 Å². The van der Waals surface area contributed by atoms with Crippen molar-refractivity contribution in [3.8, 4) is 0 Å². The molecule has 2 N–H and O–H groups in total. The fourth-order valence-corrected chi connectivity index (χ4v) is 5.04. The summed E-state index contributed by atoms with van der Waals surface area (Å²) in [6, 6.07) is 1.06. The monoisotopic (exact) mass is 330 g/mol. The molecule has 0 radical (unpaired) electrons. The number of rotatable bonds is 5. The first-order valence-corrected chi connectivity index (χ1v) is 8.71. The van der Waals surface area contributed by atoms with Crippen LogP contribution in [-0.4, -0.2) is 18.7 Å². The van der Waals surface area contributed by atoms with Crippen LogP contribution in [0.3, 0.4) is 0 Å². The zero-order valence-corrected chi connectivity index (χ0v) is 13.9. The third-order valence-electron chi connectivity index (χ3n) is 3.22.